The normalized spacial score (nSPS) is 26.8. The lowest BCUT2D eigenvalue weighted by Crippen LogP contribution is -2.38. The van der Waals surface area contributed by atoms with Crippen LogP contribution in [-0.2, 0) is 6.42 Å². The molecule has 2 aliphatic heterocycles. The fourth-order valence-corrected chi connectivity index (χ4v) is 5.24. The molecule has 1 fully saturated rings. The molecule has 3 unspecified atom stereocenters. The second-order valence-corrected chi connectivity index (χ2v) is 8.21. The van der Waals surface area contributed by atoms with Crippen molar-refractivity contribution in [2.45, 2.75) is 29.8 Å². The summed E-state index contributed by atoms with van der Waals surface area (Å²) in [5.41, 5.74) is 8.51. The third-order valence-corrected chi connectivity index (χ3v) is 6.68. The third-order valence-electron chi connectivity index (χ3n) is 5.38. The topological polar surface area (TPSA) is 71.6 Å². The van der Waals surface area contributed by atoms with Gasteiger partial charge in [0.05, 0.1) is 19.2 Å². The summed E-state index contributed by atoms with van der Waals surface area (Å²) in [4.78, 5) is 8.26. The van der Waals surface area contributed by atoms with E-state index in [0.29, 0.717) is 5.92 Å². The first-order valence-electron chi connectivity index (χ1n) is 8.87. The second-order valence-electron chi connectivity index (χ2n) is 7.15. The monoisotopic (exact) mass is 359 g/mol. The maximum atomic E-state index is 9.62. The summed E-state index contributed by atoms with van der Waals surface area (Å²) < 4.78 is 5.40. The second kappa shape index (κ2) is 7.11. The zero-order chi connectivity index (χ0) is 17.4. The van der Waals surface area contributed by atoms with Gasteiger partial charge in [-0.05, 0) is 42.5 Å². The van der Waals surface area contributed by atoms with Crippen LogP contribution in [0.25, 0.3) is 10.9 Å². The van der Waals surface area contributed by atoms with Crippen LogP contribution >= 0.6 is 11.8 Å². The molecular weight excluding hydrogens is 334 g/mol. The highest BCUT2D eigenvalue weighted by Gasteiger charge is 2.32. The van der Waals surface area contributed by atoms with Gasteiger partial charge in [0.15, 0.2) is 0 Å². The summed E-state index contributed by atoms with van der Waals surface area (Å²) in [6.07, 6.45) is 3.95. The molecule has 3 heterocycles. The number of hydrogen-bond acceptors (Lipinski definition) is 6. The van der Waals surface area contributed by atoms with Gasteiger partial charge in [0, 0.05) is 47.4 Å². The number of aliphatic hydroxyl groups is 1. The van der Waals surface area contributed by atoms with Crippen LogP contribution in [0.1, 0.15) is 12.0 Å². The van der Waals surface area contributed by atoms with Crippen molar-refractivity contribution < 1.29 is 9.84 Å². The number of methoxy groups -OCH3 is 1. The van der Waals surface area contributed by atoms with E-state index in [0.717, 1.165) is 43.0 Å². The number of rotatable bonds is 4. The number of likely N-dealkylation sites (tertiary alicyclic amines) is 1. The maximum absolute atomic E-state index is 9.62. The highest BCUT2D eigenvalue weighted by molar-refractivity contribution is 7.99. The lowest BCUT2D eigenvalue weighted by atomic mass is 9.96. The lowest BCUT2D eigenvalue weighted by Gasteiger charge is -2.31. The Balaban J connectivity index is 1.58. The zero-order valence-electron chi connectivity index (χ0n) is 14.5. The van der Waals surface area contributed by atoms with E-state index in [9.17, 15) is 5.11 Å². The first-order chi connectivity index (χ1) is 12.2. The van der Waals surface area contributed by atoms with Gasteiger partial charge < -0.3 is 15.6 Å². The predicted octanol–water partition coefficient (Wildman–Crippen LogP) is 1.90. The number of benzene rings is 1. The van der Waals surface area contributed by atoms with Crippen LogP contribution in [0, 0.1) is 5.92 Å². The molecule has 0 amide bonds. The summed E-state index contributed by atoms with van der Waals surface area (Å²) in [5.74, 6) is 2.53. The first-order valence-corrected chi connectivity index (χ1v) is 9.85. The Morgan fingerprint density at radius 2 is 2.32 bits per heavy atom. The highest BCUT2D eigenvalue weighted by atomic mass is 32.2. The number of aromatic nitrogens is 1. The van der Waals surface area contributed by atoms with E-state index in [1.165, 1.54) is 15.8 Å². The van der Waals surface area contributed by atoms with E-state index < -0.39 is 0 Å². The molecule has 1 aromatic heterocycles. The minimum Gasteiger partial charge on any atom is -0.497 e. The van der Waals surface area contributed by atoms with Gasteiger partial charge in [-0.15, -0.1) is 11.8 Å². The molecule has 1 aromatic carbocycles. The molecule has 0 spiro atoms. The smallest absolute Gasteiger partial charge is 0.119 e. The van der Waals surface area contributed by atoms with E-state index in [4.69, 9.17) is 10.5 Å². The Hall–Kier alpha value is -1.34. The Kier molecular flexibility index (Phi) is 4.86. The van der Waals surface area contributed by atoms with Crippen LogP contribution in [0.2, 0.25) is 0 Å². The maximum Gasteiger partial charge on any atom is 0.119 e. The summed E-state index contributed by atoms with van der Waals surface area (Å²) in [7, 11) is 1.70. The summed E-state index contributed by atoms with van der Waals surface area (Å²) in [5, 5.41) is 10.8. The van der Waals surface area contributed by atoms with Crippen LogP contribution in [0.5, 0.6) is 5.75 Å². The Labute approximate surface area is 152 Å². The quantitative estimate of drug-likeness (QED) is 0.869. The van der Waals surface area contributed by atoms with Crippen molar-refractivity contribution in [3.8, 4) is 5.75 Å². The van der Waals surface area contributed by atoms with Crippen molar-refractivity contribution in [2.24, 2.45) is 11.7 Å². The van der Waals surface area contributed by atoms with Crippen LogP contribution < -0.4 is 10.5 Å². The Bertz CT molecular complexity index is 764. The zero-order valence-corrected chi connectivity index (χ0v) is 15.3. The van der Waals surface area contributed by atoms with E-state index in [1.807, 2.05) is 30.1 Å². The van der Waals surface area contributed by atoms with E-state index in [2.05, 4.69) is 16.0 Å². The SMILES string of the molecule is COc1ccc2ncc3c(c2c1)CC(CN1CC(N)CC1CO)CS3. The molecule has 25 heavy (non-hydrogen) atoms. The molecular formula is C19H25N3O2S. The molecule has 134 valence electrons. The number of nitrogens with zero attached hydrogens (tertiary/aromatic N) is 2. The standard InChI is InChI=1S/C19H25N3O2S/c1-24-15-2-3-18-16(6-15)17-4-12(11-25-19(17)7-21-18)8-22-9-13(20)5-14(22)10-23/h2-3,6-7,12-14,23H,4-5,8-11,20H2,1H3. The third kappa shape index (κ3) is 3.36. The molecule has 0 aliphatic carbocycles. The number of hydrogen-bond donors (Lipinski definition) is 2. The van der Waals surface area contributed by atoms with Crippen LogP contribution in [0.4, 0.5) is 0 Å². The predicted molar refractivity (Wildman–Crippen MR) is 101 cm³/mol. The van der Waals surface area contributed by atoms with Gasteiger partial charge in [-0.3, -0.25) is 9.88 Å². The Morgan fingerprint density at radius 1 is 1.44 bits per heavy atom. The van der Waals surface area contributed by atoms with Crippen molar-refractivity contribution in [1.29, 1.82) is 0 Å². The van der Waals surface area contributed by atoms with Gasteiger partial charge in [-0.2, -0.15) is 0 Å². The fraction of sp³-hybridized carbons (Fsp3) is 0.526. The van der Waals surface area contributed by atoms with Gasteiger partial charge >= 0.3 is 0 Å². The van der Waals surface area contributed by atoms with E-state index in [1.54, 1.807) is 7.11 Å². The first kappa shape index (κ1) is 17.1. The van der Waals surface area contributed by atoms with Gasteiger partial charge in [0.2, 0.25) is 0 Å². The average molecular weight is 359 g/mol. The highest BCUT2D eigenvalue weighted by Crippen LogP contribution is 2.38. The summed E-state index contributed by atoms with van der Waals surface area (Å²) in [6.45, 7) is 2.09. The number of thioether (sulfide) groups is 1. The molecule has 1 saturated heterocycles. The molecule has 0 radical (unpaired) electrons. The van der Waals surface area contributed by atoms with E-state index >= 15 is 0 Å². The van der Waals surface area contributed by atoms with Crippen LogP contribution in [0.15, 0.2) is 29.3 Å². The molecule has 0 saturated carbocycles. The summed E-state index contributed by atoms with van der Waals surface area (Å²) >= 11 is 1.89. The molecule has 3 atom stereocenters. The Morgan fingerprint density at radius 3 is 3.12 bits per heavy atom. The van der Waals surface area contributed by atoms with Crippen molar-refractivity contribution in [2.75, 3.05) is 32.6 Å². The van der Waals surface area contributed by atoms with Crippen molar-refractivity contribution in [3.05, 3.63) is 30.0 Å². The lowest BCUT2D eigenvalue weighted by molar-refractivity contribution is 0.145. The molecule has 5 nitrogen and oxygen atoms in total. The number of pyridine rings is 1. The van der Waals surface area contributed by atoms with Gasteiger partial charge in [-0.1, -0.05) is 0 Å². The molecule has 4 rings (SSSR count). The molecule has 2 aromatic rings. The van der Waals surface area contributed by atoms with Gasteiger partial charge in [0.25, 0.3) is 0 Å². The van der Waals surface area contributed by atoms with Gasteiger partial charge in [0.1, 0.15) is 5.75 Å². The van der Waals surface area contributed by atoms with Crippen molar-refractivity contribution in [3.63, 3.8) is 0 Å². The molecule has 2 aliphatic rings. The molecule has 0 bridgehead atoms. The average Bonchev–Trinajstić information content (AvgIpc) is 3.00. The molecule has 6 heteroatoms. The number of ether oxygens (including phenoxy) is 1. The van der Waals surface area contributed by atoms with E-state index in [-0.39, 0.29) is 18.7 Å². The minimum atomic E-state index is 0.190. The molecule has 3 N–H and O–H groups in total. The number of fused-ring (bicyclic) bond motifs is 3. The van der Waals surface area contributed by atoms with Crippen LogP contribution in [0.3, 0.4) is 0 Å². The minimum absolute atomic E-state index is 0.190. The summed E-state index contributed by atoms with van der Waals surface area (Å²) in [6, 6.07) is 6.51. The number of aliphatic hydroxyl groups excluding tert-OH is 1. The largest absolute Gasteiger partial charge is 0.497 e. The van der Waals surface area contributed by atoms with Crippen molar-refractivity contribution >= 4 is 22.7 Å². The fourth-order valence-electron chi connectivity index (χ4n) is 4.11. The van der Waals surface area contributed by atoms with Crippen LogP contribution in [-0.4, -0.2) is 59.6 Å². The number of nitrogens with two attached hydrogens (primary N) is 1. The van der Waals surface area contributed by atoms with Gasteiger partial charge in [-0.25, -0.2) is 0 Å². The van der Waals surface area contributed by atoms with Crippen molar-refractivity contribution in [1.82, 2.24) is 9.88 Å².